The standard InChI is InChI=1S/C22H25NO3/c1-22(2,3)26-21(25)17-12-18(15-8-5-4-6-9-15)19(13-17)20(24)16-10-7-11-23-14-16/h4-11,14,17-19H,12-13H2,1-3H3/t17-,18+,19-/m0/s1. The van der Waals surface area contributed by atoms with Gasteiger partial charge in [0, 0.05) is 23.9 Å². The second-order valence-electron chi connectivity index (χ2n) is 7.93. The fourth-order valence-corrected chi connectivity index (χ4v) is 3.70. The van der Waals surface area contributed by atoms with Crippen molar-refractivity contribution in [3.63, 3.8) is 0 Å². The molecule has 0 amide bonds. The summed E-state index contributed by atoms with van der Waals surface area (Å²) >= 11 is 0. The second kappa shape index (κ2) is 7.40. The molecule has 1 saturated carbocycles. The first kappa shape index (κ1) is 18.3. The summed E-state index contributed by atoms with van der Waals surface area (Å²) in [6.45, 7) is 5.60. The highest BCUT2D eigenvalue weighted by molar-refractivity contribution is 5.98. The Morgan fingerprint density at radius 2 is 1.77 bits per heavy atom. The maximum atomic E-state index is 13.1. The number of nitrogens with zero attached hydrogens (tertiary/aromatic N) is 1. The summed E-state index contributed by atoms with van der Waals surface area (Å²) in [4.78, 5) is 29.8. The molecule has 0 saturated heterocycles. The van der Waals surface area contributed by atoms with E-state index in [1.54, 1.807) is 24.5 Å². The Hall–Kier alpha value is -2.49. The third-order valence-corrected chi connectivity index (χ3v) is 4.81. The molecule has 0 aliphatic heterocycles. The normalized spacial score (nSPS) is 22.8. The van der Waals surface area contributed by atoms with Gasteiger partial charge in [-0.05, 0) is 57.2 Å². The van der Waals surface area contributed by atoms with Crippen LogP contribution >= 0.6 is 0 Å². The number of carbonyl (C=O) groups excluding carboxylic acids is 2. The highest BCUT2D eigenvalue weighted by atomic mass is 16.6. The minimum absolute atomic E-state index is 0.0152. The van der Waals surface area contributed by atoms with Crippen molar-refractivity contribution in [3.05, 3.63) is 66.0 Å². The number of pyridine rings is 1. The van der Waals surface area contributed by atoms with Crippen LogP contribution in [0, 0.1) is 11.8 Å². The highest BCUT2D eigenvalue weighted by Crippen LogP contribution is 2.45. The minimum Gasteiger partial charge on any atom is -0.460 e. The van der Waals surface area contributed by atoms with Gasteiger partial charge in [0.2, 0.25) is 0 Å². The van der Waals surface area contributed by atoms with E-state index in [1.165, 1.54) is 0 Å². The molecule has 4 nitrogen and oxygen atoms in total. The molecule has 26 heavy (non-hydrogen) atoms. The van der Waals surface area contributed by atoms with Crippen molar-refractivity contribution >= 4 is 11.8 Å². The van der Waals surface area contributed by atoms with Crippen LogP contribution in [0.2, 0.25) is 0 Å². The summed E-state index contributed by atoms with van der Waals surface area (Å²) in [6.07, 6.45) is 4.41. The zero-order chi connectivity index (χ0) is 18.7. The van der Waals surface area contributed by atoms with E-state index in [4.69, 9.17) is 4.74 Å². The molecule has 0 unspecified atom stereocenters. The van der Waals surface area contributed by atoms with Crippen LogP contribution in [0.25, 0.3) is 0 Å². The molecule has 1 fully saturated rings. The van der Waals surface area contributed by atoms with Gasteiger partial charge in [0.15, 0.2) is 5.78 Å². The zero-order valence-corrected chi connectivity index (χ0v) is 15.5. The first-order chi connectivity index (χ1) is 12.3. The lowest BCUT2D eigenvalue weighted by atomic mass is 9.84. The zero-order valence-electron chi connectivity index (χ0n) is 15.5. The Morgan fingerprint density at radius 3 is 2.38 bits per heavy atom. The van der Waals surface area contributed by atoms with E-state index >= 15 is 0 Å². The monoisotopic (exact) mass is 351 g/mol. The van der Waals surface area contributed by atoms with Crippen LogP contribution in [0.5, 0.6) is 0 Å². The van der Waals surface area contributed by atoms with Crippen molar-refractivity contribution in [2.45, 2.75) is 45.1 Å². The third kappa shape index (κ3) is 4.18. The molecule has 0 radical (unpaired) electrons. The van der Waals surface area contributed by atoms with Crippen LogP contribution in [0.1, 0.15) is 55.5 Å². The topological polar surface area (TPSA) is 56.3 Å². The quantitative estimate of drug-likeness (QED) is 0.604. The van der Waals surface area contributed by atoms with Gasteiger partial charge in [0.25, 0.3) is 0 Å². The molecule has 3 atom stereocenters. The number of ketones is 1. The number of aromatic nitrogens is 1. The number of hydrogen-bond acceptors (Lipinski definition) is 4. The number of carbonyl (C=O) groups is 2. The summed E-state index contributed by atoms with van der Waals surface area (Å²) in [5.74, 6) is -0.636. The largest absolute Gasteiger partial charge is 0.460 e. The first-order valence-corrected chi connectivity index (χ1v) is 9.07. The molecule has 1 aliphatic rings. The lowest BCUT2D eigenvalue weighted by Crippen LogP contribution is -2.28. The number of benzene rings is 1. The molecule has 136 valence electrons. The number of hydrogen-bond donors (Lipinski definition) is 0. The maximum absolute atomic E-state index is 13.1. The minimum atomic E-state index is -0.523. The van der Waals surface area contributed by atoms with Crippen LogP contribution in [0.15, 0.2) is 54.9 Å². The first-order valence-electron chi connectivity index (χ1n) is 9.07. The third-order valence-electron chi connectivity index (χ3n) is 4.81. The fourth-order valence-electron chi connectivity index (χ4n) is 3.70. The van der Waals surface area contributed by atoms with Gasteiger partial charge in [-0.3, -0.25) is 14.6 Å². The number of esters is 1. The lowest BCUT2D eigenvalue weighted by molar-refractivity contribution is -0.159. The molecule has 1 aromatic heterocycles. The van der Waals surface area contributed by atoms with E-state index < -0.39 is 5.60 Å². The van der Waals surface area contributed by atoms with Crippen LogP contribution in [0.4, 0.5) is 0 Å². The summed E-state index contributed by atoms with van der Waals surface area (Å²) in [6, 6.07) is 13.5. The Morgan fingerprint density at radius 1 is 1.04 bits per heavy atom. The van der Waals surface area contributed by atoms with Crippen molar-refractivity contribution in [1.82, 2.24) is 4.98 Å². The van der Waals surface area contributed by atoms with Crippen LogP contribution in [-0.2, 0) is 9.53 Å². The summed E-state index contributed by atoms with van der Waals surface area (Å²) in [7, 11) is 0. The number of Topliss-reactive ketones (excluding diaryl/α,β-unsaturated/α-hetero) is 1. The van der Waals surface area contributed by atoms with Crippen LogP contribution < -0.4 is 0 Å². The Balaban J connectivity index is 1.87. The number of ether oxygens (including phenoxy) is 1. The molecule has 0 N–H and O–H groups in total. The van der Waals surface area contributed by atoms with Gasteiger partial charge < -0.3 is 4.74 Å². The predicted molar refractivity (Wildman–Crippen MR) is 99.8 cm³/mol. The average molecular weight is 351 g/mol. The van der Waals surface area contributed by atoms with Gasteiger partial charge in [-0.25, -0.2) is 0 Å². The van der Waals surface area contributed by atoms with Crippen LogP contribution in [-0.4, -0.2) is 22.3 Å². The van der Waals surface area contributed by atoms with Crippen molar-refractivity contribution in [1.29, 1.82) is 0 Å². The van der Waals surface area contributed by atoms with Gasteiger partial charge >= 0.3 is 5.97 Å². The van der Waals surface area contributed by atoms with Gasteiger partial charge in [0.05, 0.1) is 5.92 Å². The Bertz CT molecular complexity index is 765. The van der Waals surface area contributed by atoms with E-state index in [0.717, 1.165) is 5.56 Å². The molecule has 1 aromatic carbocycles. The van der Waals surface area contributed by atoms with Gasteiger partial charge in [0.1, 0.15) is 5.60 Å². The Labute approximate surface area is 154 Å². The van der Waals surface area contributed by atoms with Crippen molar-refractivity contribution in [2.24, 2.45) is 11.8 Å². The molecule has 4 heteroatoms. The van der Waals surface area contributed by atoms with E-state index in [1.807, 2.05) is 51.1 Å². The van der Waals surface area contributed by atoms with Gasteiger partial charge in [-0.1, -0.05) is 30.3 Å². The number of rotatable bonds is 4. The smallest absolute Gasteiger partial charge is 0.309 e. The highest BCUT2D eigenvalue weighted by Gasteiger charge is 2.43. The summed E-state index contributed by atoms with van der Waals surface area (Å²) in [5, 5.41) is 0. The van der Waals surface area contributed by atoms with E-state index in [-0.39, 0.29) is 29.5 Å². The van der Waals surface area contributed by atoms with E-state index in [9.17, 15) is 9.59 Å². The maximum Gasteiger partial charge on any atom is 0.309 e. The predicted octanol–water partition coefficient (Wildman–Crippen LogP) is 4.42. The average Bonchev–Trinajstić information content (AvgIpc) is 3.07. The molecular weight excluding hydrogens is 326 g/mol. The molecule has 0 bridgehead atoms. The summed E-state index contributed by atoms with van der Waals surface area (Å²) in [5.41, 5.74) is 1.18. The van der Waals surface area contributed by atoms with E-state index in [0.29, 0.717) is 18.4 Å². The molecule has 0 spiro atoms. The lowest BCUT2D eigenvalue weighted by Gasteiger charge is -2.22. The fraction of sp³-hybridized carbons (Fsp3) is 0.409. The SMILES string of the molecule is CC(C)(C)OC(=O)[C@@H]1C[C@H](C(=O)c2cccnc2)[C@@H](c2ccccc2)C1. The molecule has 1 heterocycles. The summed E-state index contributed by atoms with van der Waals surface area (Å²) < 4.78 is 5.58. The van der Waals surface area contributed by atoms with Crippen molar-refractivity contribution in [2.75, 3.05) is 0 Å². The molecule has 1 aliphatic carbocycles. The van der Waals surface area contributed by atoms with Crippen LogP contribution in [0.3, 0.4) is 0 Å². The molecular formula is C22H25NO3. The van der Waals surface area contributed by atoms with Gasteiger partial charge in [-0.15, -0.1) is 0 Å². The Kier molecular flexibility index (Phi) is 5.21. The molecule has 3 rings (SSSR count). The van der Waals surface area contributed by atoms with Crippen molar-refractivity contribution < 1.29 is 14.3 Å². The van der Waals surface area contributed by atoms with Gasteiger partial charge in [-0.2, -0.15) is 0 Å². The van der Waals surface area contributed by atoms with Crippen molar-refractivity contribution in [3.8, 4) is 0 Å². The second-order valence-corrected chi connectivity index (χ2v) is 7.93. The van der Waals surface area contributed by atoms with E-state index in [2.05, 4.69) is 4.98 Å². The molecule has 2 aromatic rings.